The molecule has 0 aliphatic heterocycles. The largest absolute Gasteiger partial charge is 0.459 e. The van der Waals surface area contributed by atoms with Crippen LogP contribution in [0.1, 0.15) is 60.3 Å². The zero-order chi connectivity index (χ0) is 17.4. The molecule has 0 spiro atoms. The van der Waals surface area contributed by atoms with Gasteiger partial charge in [0.05, 0.1) is 11.7 Å². The van der Waals surface area contributed by atoms with E-state index in [4.69, 9.17) is 4.74 Å². The first-order valence-electron chi connectivity index (χ1n) is 8.46. The summed E-state index contributed by atoms with van der Waals surface area (Å²) in [6.45, 7) is 5.28. The molecule has 3 atom stereocenters. The summed E-state index contributed by atoms with van der Waals surface area (Å²) in [6, 6.07) is 2.11. The lowest BCUT2D eigenvalue weighted by molar-refractivity contribution is -0.121. The maximum absolute atomic E-state index is 12.6. The van der Waals surface area contributed by atoms with Crippen molar-refractivity contribution in [2.45, 2.75) is 52.6 Å². The van der Waals surface area contributed by atoms with Crippen LogP contribution < -0.4 is 5.32 Å². The van der Waals surface area contributed by atoms with Crippen molar-refractivity contribution in [1.29, 1.82) is 5.26 Å². The molecule has 0 saturated heterocycles. The molecule has 3 unspecified atom stereocenters. The van der Waals surface area contributed by atoms with E-state index in [2.05, 4.69) is 11.4 Å². The summed E-state index contributed by atoms with van der Waals surface area (Å²) >= 11 is 1.14. The normalized spacial score (nSPS) is 24.9. The molecule has 1 heterocycles. The molecule has 24 heavy (non-hydrogen) atoms. The highest BCUT2D eigenvalue weighted by Crippen LogP contribution is 2.48. The number of carbonyl (C=O) groups excluding carboxylic acids is 2. The van der Waals surface area contributed by atoms with Gasteiger partial charge in [-0.3, -0.25) is 4.79 Å². The molecule has 128 valence electrons. The zero-order valence-electron chi connectivity index (χ0n) is 14.2. The van der Waals surface area contributed by atoms with Crippen molar-refractivity contribution in [2.24, 2.45) is 17.8 Å². The number of esters is 1. The molecule has 2 aliphatic carbocycles. The quantitative estimate of drug-likeness (QED) is 0.839. The van der Waals surface area contributed by atoms with Gasteiger partial charge in [0.15, 0.2) is 0 Å². The van der Waals surface area contributed by atoms with E-state index in [1.165, 1.54) is 6.42 Å². The number of amides is 1. The number of fused-ring (bicyclic) bond motifs is 2. The van der Waals surface area contributed by atoms with Crippen molar-refractivity contribution in [1.82, 2.24) is 0 Å². The predicted octanol–water partition coefficient (Wildman–Crippen LogP) is 3.87. The lowest BCUT2D eigenvalue weighted by atomic mass is 9.88. The molecular formula is C18H22N2O3S. The van der Waals surface area contributed by atoms with Gasteiger partial charge in [-0.2, -0.15) is 5.26 Å². The molecule has 0 radical (unpaired) electrons. The number of hydrogen-bond donors (Lipinski definition) is 1. The van der Waals surface area contributed by atoms with E-state index < -0.39 is 5.97 Å². The van der Waals surface area contributed by atoms with Gasteiger partial charge in [-0.15, -0.1) is 11.3 Å². The average molecular weight is 346 g/mol. The molecule has 0 aromatic carbocycles. The van der Waals surface area contributed by atoms with Crippen LogP contribution >= 0.6 is 11.3 Å². The second-order valence-corrected chi connectivity index (χ2v) is 8.12. The number of rotatable bonds is 4. The lowest BCUT2D eigenvalue weighted by Gasteiger charge is -2.20. The Balaban J connectivity index is 1.79. The number of anilines is 1. The third kappa shape index (κ3) is 3.05. The van der Waals surface area contributed by atoms with Crippen LogP contribution in [0.25, 0.3) is 0 Å². The van der Waals surface area contributed by atoms with E-state index in [9.17, 15) is 14.9 Å². The van der Waals surface area contributed by atoms with Crippen molar-refractivity contribution in [3.8, 4) is 6.07 Å². The van der Waals surface area contributed by atoms with Gasteiger partial charge in [-0.05, 0) is 57.4 Å². The van der Waals surface area contributed by atoms with Gasteiger partial charge in [-0.25, -0.2) is 4.79 Å². The first kappa shape index (κ1) is 17.0. The molecule has 2 saturated carbocycles. The van der Waals surface area contributed by atoms with Crippen molar-refractivity contribution in [3.63, 3.8) is 0 Å². The van der Waals surface area contributed by atoms with Crippen molar-refractivity contribution < 1.29 is 14.3 Å². The van der Waals surface area contributed by atoms with E-state index in [1.54, 1.807) is 20.8 Å². The monoisotopic (exact) mass is 346 g/mol. The number of nitriles is 1. The van der Waals surface area contributed by atoms with Crippen LogP contribution in [-0.4, -0.2) is 18.0 Å². The number of thiophene rings is 1. The number of nitrogens with one attached hydrogen (secondary N) is 1. The van der Waals surface area contributed by atoms with Crippen LogP contribution in [0.5, 0.6) is 0 Å². The Morgan fingerprint density at radius 3 is 2.62 bits per heavy atom. The Hall–Kier alpha value is -1.87. The highest BCUT2D eigenvalue weighted by atomic mass is 32.1. The van der Waals surface area contributed by atoms with E-state index in [-0.39, 0.29) is 17.9 Å². The molecule has 2 fully saturated rings. The summed E-state index contributed by atoms with van der Waals surface area (Å²) in [5.41, 5.74) is 0.948. The maximum atomic E-state index is 12.6. The summed E-state index contributed by atoms with van der Waals surface area (Å²) in [5, 5.41) is 12.8. The minimum absolute atomic E-state index is 0.0104. The van der Waals surface area contributed by atoms with Crippen LogP contribution in [0.2, 0.25) is 0 Å². The summed E-state index contributed by atoms with van der Waals surface area (Å²) in [4.78, 5) is 25.2. The fraction of sp³-hybridized carbons (Fsp3) is 0.611. The van der Waals surface area contributed by atoms with E-state index in [1.807, 2.05) is 0 Å². The second kappa shape index (κ2) is 6.56. The zero-order valence-corrected chi connectivity index (χ0v) is 15.0. The molecule has 2 bridgehead atoms. The average Bonchev–Trinajstić information content (AvgIpc) is 3.21. The van der Waals surface area contributed by atoms with Crippen LogP contribution in [0.15, 0.2) is 0 Å². The first-order chi connectivity index (χ1) is 11.4. The topological polar surface area (TPSA) is 79.2 Å². The van der Waals surface area contributed by atoms with Crippen molar-refractivity contribution >= 4 is 28.2 Å². The van der Waals surface area contributed by atoms with E-state index in [0.29, 0.717) is 32.8 Å². The molecule has 6 heteroatoms. The fourth-order valence-corrected chi connectivity index (χ4v) is 5.01. The predicted molar refractivity (Wildman–Crippen MR) is 91.9 cm³/mol. The number of hydrogen-bond acceptors (Lipinski definition) is 5. The van der Waals surface area contributed by atoms with Gasteiger partial charge in [0, 0.05) is 5.92 Å². The van der Waals surface area contributed by atoms with Gasteiger partial charge >= 0.3 is 5.97 Å². The van der Waals surface area contributed by atoms with Crippen molar-refractivity contribution in [2.75, 3.05) is 5.32 Å². The molecule has 1 aromatic heterocycles. The summed E-state index contributed by atoms with van der Waals surface area (Å²) < 4.78 is 5.22. The van der Waals surface area contributed by atoms with Crippen molar-refractivity contribution in [3.05, 3.63) is 16.0 Å². The Bertz CT molecular complexity index is 717. The highest BCUT2D eigenvalue weighted by Gasteiger charge is 2.43. The molecule has 1 N–H and O–H groups in total. The Kier molecular flexibility index (Phi) is 4.64. The van der Waals surface area contributed by atoms with Crippen LogP contribution in [-0.2, 0) is 9.53 Å². The Morgan fingerprint density at radius 1 is 1.33 bits per heavy atom. The highest BCUT2D eigenvalue weighted by molar-refractivity contribution is 7.18. The third-order valence-corrected chi connectivity index (χ3v) is 6.29. The summed E-state index contributed by atoms with van der Waals surface area (Å²) in [5.74, 6) is 0.756. The third-order valence-electron chi connectivity index (χ3n) is 5.10. The van der Waals surface area contributed by atoms with Crippen LogP contribution in [0.3, 0.4) is 0 Å². The number of ether oxygens (including phenoxy) is 1. The summed E-state index contributed by atoms with van der Waals surface area (Å²) in [6.07, 6.45) is 4.24. The molecular weight excluding hydrogens is 324 g/mol. The van der Waals surface area contributed by atoms with Crippen LogP contribution in [0, 0.1) is 36.0 Å². The van der Waals surface area contributed by atoms with Gasteiger partial charge in [0.1, 0.15) is 15.9 Å². The van der Waals surface area contributed by atoms with Gasteiger partial charge in [0.2, 0.25) is 5.91 Å². The number of nitrogens with zero attached hydrogens (tertiary/aromatic N) is 1. The summed E-state index contributed by atoms with van der Waals surface area (Å²) in [7, 11) is 0. The van der Waals surface area contributed by atoms with Crippen LogP contribution in [0.4, 0.5) is 5.00 Å². The SMILES string of the molecule is Cc1c(C(=O)OC(C)C)sc(NC(=O)C2CC3CCC2C3)c1C#N. The molecule has 1 aromatic rings. The maximum Gasteiger partial charge on any atom is 0.348 e. The molecule has 3 rings (SSSR count). The van der Waals surface area contributed by atoms with Gasteiger partial charge in [0.25, 0.3) is 0 Å². The van der Waals surface area contributed by atoms with E-state index >= 15 is 0 Å². The van der Waals surface area contributed by atoms with Gasteiger partial charge < -0.3 is 10.1 Å². The minimum Gasteiger partial charge on any atom is -0.459 e. The Labute approximate surface area is 146 Å². The second-order valence-electron chi connectivity index (χ2n) is 7.10. The molecule has 2 aliphatic rings. The fourth-order valence-electron chi connectivity index (χ4n) is 3.97. The van der Waals surface area contributed by atoms with E-state index in [0.717, 1.165) is 30.6 Å². The standard InChI is InChI=1S/C18H22N2O3S/c1-9(2)23-18(22)15-10(3)14(8-19)17(24-15)20-16(21)13-7-11-4-5-12(13)6-11/h9,11-13H,4-7H2,1-3H3,(H,20,21). The molecule has 1 amide bonds. The Morgan fingerprint density at radius 2 is 2.08 bits per heavy atom. The first-order valence-corrected chi connectivity index (χ1v) is 9.27. The smallest absolute Gasteiger partial charge is 0.348 e. The lowest BCUT2D eigenvalue weighted by Crippen LogP contribution is -2.27. The number of carbonyl (C=O) groups is 2. The van der Waals surface area contributed by atoms with Gasteiger partial charge in [-0.1, -0.05) is 6.42 Å². The minimum atomic E-state index is -0.440. The molecule has 5 nitrogen and oxygen atoms in total.